The van der Waals surface area contributed by atoms with Gasteiger partial charge in [-0.25, -0.2) is 4.39 Å². The summed E-state index contributed by atoms with van der Waals surface area (Å²) in [6.45, 7) is 5.99. The minimum atomic E-state index is -0.165. The lowest BCUT2D eigenvalue weighted by Gasteiger charge is -2.14. The fraction of sp³-hybridized carbons (Fsp3) is 0.500. The Morgan fingerprint density at radius 2 is 1.93 bits per heavy atom. The van der Waals surface area contributed by atoms with Gasteiger partial charge in [-0.05, 0) is 36.5 Å². The molecular formula is C12H19ClFN. The predicted octanol–water partition coefficient (Wildman–Crippen LogP) is 3.60. The third-order valence-electron chi connectivity index (χ3n) is 2.35. The number of nitrogens with two attached hydrogens (primary N) is 1. The fourth-order valence-electron chi connectivity index (χ4n) is 1.48. The normalized spacial score (nSPS) is 12.4. The van der Waals surface area contributed by atoms with Crippen LogP contribution in [0.4, 0.5) is 4.39 Å². The Kier molecular flexibility index (Phi) is 5.84. The van der Waals surface area contributed by atoms with Crippen molar-refractivity contribution in [2.75, 3.05) is 0 Å². The smallest absolute Gasteiger partial charge is 0.126 e. The molecule has 1 atom stereocenters. The van der Waals surface area contributed by atoms with Crippen molar-refractivity contribution in [3.05, 3.63) is 35.1 Å². The van der Waals surface area contributed by atoms with Gasteiger partial charge in [-0.3, -0.25) is 0 Å². The van der Waals surface area contributed by atoms with Crippen LogP contribution in [0.3, 0.4) is 0 Å². The first-order valence-electron chi connectivity index (χ1n) is 5.02. The van der Waals surface area contributed by atoms with Crippen molar-refractivity contribution in [3.63, 3.8) is 0 Å². The molecule has 0 aromatic heterocycles. The first-order valence-corrected chi connectivity index (χ1v) is 5.02. The second kappa shape index (κ2) is 6.09. The molecule has 0 saturated carbocycles. The molecule has 0 radical (unpaired) electrons. The van der Waals surface area contributed by atoms with Crippen LogP contribution in [0, 0.1) is 18.7 Å². The van der Waals surface area contributed by atoms with Crippen LogP contribution in [0.1, 0.15) is 37.4 Å². The molecule has 1 nitrogen and oxygen atoms in total. The Bertz CT molecular complexity index is 312. The van der Waals surface area contributed by atoms with Crippen LogP contribution in [-0.2, 0) is 0 Å². The van der Waals surface area contributed by atoms with Crippen LogP contribution in [-0.4, -0.2) is 0 Å². The number of benzene rings is 1. The molecule has 1 aromatic rings. The van der Waals surface area contributed by atoms with E-state index in [1.165, 1.54) is 0 Å². The van der Waals surface area contributed by atoms with Crippen molar-refractivity contribution in [1.82, 2.24) is 0 Å². The summed E-state index contributed by atoms with van der Waals surface area (Å²) in [5, 5.41) is 0. The Morgan fingerprint density at radius 3 is 2.40 bits per heavy atom. The van der Waals surface area contributed by atoms with Crippen LogP contribution in [0.2, 0.25) is 0 Å². The van der Waals surface area contributed by atoms with Gasteiger partial charge in [0.15, 0.2) is 0 Å². The van der Waals surface area contributed by atoms with Gasteiger partial charge in [0.1, 0.15) is 5.82 Å². The van der Waals surface area contributed by atoms with Gasteiger partial charge in [0.25, 0.3) is 0 Å². The van der Waals surface area contributed by atoms with Gasteiger partial charge in [0, 0.05) is 6.04 Å². The van der Waals surface area contributed by atoms with E-state index in [1.807, 2.05) is 6.07 Å². The molecule has 0 saturated heterocycles. The van der Waals surface area contributed by atoms with Crippen LogP contribution in [0.25, 0.3) is 0 Å². The highest BCUT2D eigenvalue weighted by molar-refractivity contribution is 5.85. The summed E-state index contributed by atoms with van der Waals surface area (Å²) in [6, 6.07) is 5.18. The lowest BCUT2D eigenvalue weighted by molar-refractivity contribution is 0.506. The zero-order valence-corrected chi connectivity index (χ0v) is 10.3. The first-order chi connectivity index (χ1) is 6.50. The third kappa shape index (κ3) is 4.18. The van der Waals surface area contributed by atoms with Gasteiger partial charge >= 0.3 is 0 Å². The van der Waals surface area contributed by atoms with Crippen molar-refractivity contribution >= 4 is 12.4 Å². The molecule has 1 aromatic carbocycles. The minimum absolute atomic E-state index is 0. The number of rotatable bonds is 3. The molecule has 0 aliphatic heterocycles. The summed E-state index contributed by atoms with van der Waals surface area (Å²) in [5.74, 6) is 0.371. The number of hydrogen-bond donors (Lipinski definition) is 1. The second-order valence-corrected chi connectivity index (χ2v) is 4.24. The van der Waals surface area contributed by atoms with E-state index in [-0.39, 0.29) is 24.3 Å². The lowest BCUT2D eigenvalue weighted by atomic mass is 9.97. The molecule has 0 fully saturated rings. The van der Waals surface area contributed by atoms with E-state index in [9.17, 15) is 4.39 Å². The Hall–Kier alpha value is -0.600. The average Bonchev–Trinajstić information content (AvgIpc) is 2.08. The third-order valence-corrected chi connectivity index (χ3v) is 2.35. The summed E-state index contributed by atoms with van der Waals surface area (Å²) >= 11 is 0. The van der Waals surface area contributed by atoms with Crippen molar-refractivity contribution in [2.24, 2.45) is 11.7 Å². The first kappa shape index (κ1) is 14.4. The minimum Gasteiger partial charge on any atom is -0.324 e. The largest absolute Gasteiger partial charge is 0.324 e. The van der Waals surface area contributed by atoms with Crippen LogP contribution < -0.4 is 5.73 Å². The molecule has 3 heteroatoms. The predicted molar refractivity (Wildman–Crippen MR) is 64.8 cm³/mol. The van der Waals surface area contributed by atoms with Gasteiger partial charge in [-0.15, -0.1) is 12.4 Å². The number of halogens is 2. The van der Waals surface area contributed by atoms with Crippen molar-refractivity contribution < 1.29 is 4.39 Å². The molecule has 0 bridgehead atoms. The average molecular weight is 232 g/mol. The lowest BCUT2D eigenvalue weighted by Crippen LogP contribution is -2.13. The van der Waals surface area contributed by atoms with Crippen LogP contribution >= 0.6 is 12.4 Å². The summed E-state index contributed by atoms with van der Waals surface area (Å²) in [6.07, 6.45) is 0.891. The Morgan fingerprint density at radius 1 is 1.33 bits per heavy atom. The Balaban J connectivity index is 0.00000196. The molecule has 86 valence electrons. The molecule has 15 heavy (non-hydrogen) atoms. The van der Waals surface area contributed by atoms with E-state index in [0.717, 1.165) is 12.0 Å². The van der Waals surface area contributed by atoms with Gasteiger partial charge in [-0.2, -0.15) is 0 Å². The van der Waals surface area contributed by atoms with E-state index in [1.54, 1.807) is 19.1 Å². The summed E-state index contributed by atoms with van der Waals surface area (Å²) in [7, 11) is 0. The fourth-order valence-corrected chi connectivity index (χ4v) is 1.48. The Labute approximate surface area is 97.3 Å². The highest BCUT2D eigenvalue weighted by Crippen LogP contribution is 2.20. The quantitative estimate of drug-likeness (QED) is 0.845. The summed E-state index contributed by atoms with van der Waals surface area (Å²) in [5.41, 5.74) is 7.51. The molecule has 0 aliphatic carbocycles. The van der Waals surface area contributed by atoms with Gasteiger partial charge in [0.05, 0.1) is 0 Å². The van der Waals surface area contributed by atoms with Gasteiger partial charge in [-0.1, -0.05) is 26.0 Å². The highest BCUT2D eigenvalue weighted by atomic mass is 35.5. The van der Waals surface area contributed by atoms with Gasteiger partial charge in [0.2, 0.25) is 0 Å². The van der Waals surface area contributed by atoms with Crippen LogP contribution in [0.5, 0.6) is 0 Å². The molecular weight excluding hydrogens is 213 g/mol. The maximum atomic E-state index is 13.2. The molecule has 0 aliphatic rings. The SMILES string of the molecule is Cc1ccc([C@@H](N)CC(C)C)cc1F.Cl. The maximum absolute atomic E-state index is 13.2. The van der Waals surface area contributed by atoms with E-state index >= 15 is 0 Å². The molecule has 0 spiro atoms. The van der Waals surface area contributed by atoms with Crippen molar-refractivity contribution in [2.45, 2.75) is 33.2 Å². The molecule has 2 N–H and O–H groups in total. The standard InChI is InChI=1S/C12H18FN.ClH/c1-8(2)6-12(14)10-5-4-9(3)11(13)7-10;/h4-5,7-8,12H,6,14H2,1-3H3;1H/t12-;/m0./s1. The number of hydrogen-bond acceptors (Lipinski definition) is 1. The van der Waals surface area contributed by atoms with Gasteiger partial charge < -0.3 is 5.73 Å². The highest BCUT2D eigenvalue weighted by Gasteiger charge is 2.09. The molecule has 1 rings (SSSR count). The molecule has 0 amide bonds. The monoisotopic (exact) mass is 231 g/mol. The van der Waals surface area contributed by atoms with Crippen molar-refractivity contribution in [3.8, 4) is 0 Å². The van der Waals surface area contributed by atoms with E-state index in [0.29, 0.717) is 11.5 Å². The molecule has 0 unspecified atom stereocenters. The molecule has 0 heterocycles. The van der Waals surface area contributed by atoms with Crippen LogP contribution in [0.15, 0.2) is 18.2 Å². The van der Waals surface area contributed by atoms with Crippen molar-refractivity contribution in [1.29, 1.82) is 0 Å². The van der Waals surface area contributed by atoms with E-state index < -0.39 is 0 Å². The van der Waals surface area contributed by atoms with E-state index in [2.05, 4.69) is 13.8 Å². The zero-order valence-electron chi connectivity index (χ0n) is 9.46. The number of aryl methyl sites for hydroxylation is 1. The van der Waals surface area contributed by atoms with E-state index in [4.69, 9.17) is 5.73 Å². The zero-order chi connectivity index (χ0) is 10.7. The second-order valence-electron chi connectivity index (χ2n) is 4.24. The summed E-state index contributed by atoms with van der Waals surface area (Å²) in [4.78, 5) is 0. The topological polar surface area (TPSA) is 26.0 Å². The summed E-state index contributed by atoms with van der Waals surface area (Å²) < 4.78 is 13.2. The maximum Gasteiger partial charge on any atom is 0.126 e.